The van der Waals surface area contributed by atoms with Crippen molar-refractivity contribution in [3.63, 3.8) is 0 Å². The zero-order chi connectivity index (χ0) is 17.5. The van der Waals surface area contributed by atoms with Crippen molar-refractivity contribution in [2.75, 3.05) is 23.3 Å². The number of rotatable bonds is 3. The van der Waals surface area contributed by atoms with Crippen LogP contribution in [0.3, 0.4) is 0 Å². The first kappa shape index (κ1) is 16.5. The predicted molar refractivity (Wildman–Crippen MR) is 91.9 cm³/mol. The standard InChI is InChI=1S/C18H23N3O3/c1-12-14(19-16(23)18(3)8-5-9-18)6-4-7-15(12)21-11-10-20(13(2)22)17(21)24/h4,6-7H,5,8-11H2,1-3H3,(H,19,23). The topological polar surface area (TPSA) is 69.7 Å². The zero-order valence-electron chi connectivity index (χ0n) is 14.4. The Bertz CT molecular complexity index is 709. The number of urea groups is 1. The van der Waals surface area contributed by atoms with E-state index in [1.54, 1.807) is 4.90 Å². The van der Waals surface area contributed by atoms with Crippen molar-refractivity contribution >= 4 is 29.2 Å². The number of hydrogen-bond acceptors (Lipinski definition) is 3. The van der Waals surface area contributed by atoms with E-state index in [-0.39, 0.29) is 23.3 Å². The van der Waals surface area contributed by atoms with Crippen molar-refractivity contribution in [2.24, 2.45) is 5.41 Å². The molecular weight excluding hydrogens is 306 g/mol. The van der Waals surface area contributed by atoms with E-state index in [0.717, 1.165) is 36.2 Å². The first-order valence-corrected chi connectivity index (χ1v) is 8.34. The van der Waals surface area contributed by atoms with Gasteiger partial charge < -0.3 is 5.32 Å². The molecule has 0 unspecified atom stereocenters. The number of amides is 4. The SMILES string of the molecule is CC(=O)N1CCN(c2cccc(NC(=O)C3(C)CCC3)c2C)C1=O. The Hall–Kier alpha value is -2.37. The van der Waals surface area contributed by atoms with Crippen LogP contribution in [0.2, 0.25) is 0 Å². The fourth-order valence-electron chi connectivity index (χ4n) is 3.31. The van der Waals surface area contributed by atoms with Crippen LogP contribution >= 0.6 is 0 Å². The van der Waals surface area contributed by atoms with Crippen molar-refractivity contribution in [1.29, 1.82) is 0 Å². The monoisotopic (exact) mass is 329 g/mol. The Kier molecular flexibility index (Phi) is 4.07. The molecule has 3 rings (SSSR count). The van der Waals surface area contributed by atoms with Gasteiger partial charge >= 0.3 is 6.03 Å². The van der Waals surface area contributed by atoms with E-state index in [9.17, 15) is 14.4 Å². The highest BCUT2D eigenvalue weighted by Gasteiger charge is 2.39. The van der Waals surface area contributed by atoms with E-state index in [0.29, 0.717) is 13.1 Å². The summed E-state index contributed by atoms with van der Waals surface area (Å²) in [6.07, 6.45) is 2.91. The van der Waals surface area contributed by atoms with Gasteiger partial charge in [-0.2, -0.15) is 0 Å². The van der Waals surface area contributed by atoms with Crippen LogP contribution < -0.4 is 10.2 Å². The van der Waals surface area contributed by atoms with Gasteiger partial charge in [0.05, 0.1) is 5.69 Å². The summed E-state index contributed by atoms with van der Waals surface area (Å²) >= 11 is 0. The summed E-state index contributed by atoms with van der Waals surface area (Å²) in [5.41, 5.74) is 2.02. The van der Waals surface area contributed by atoms with E-state index in [1.807, 2.05) is 32.0 Å². The van der Waals surface area contributed by atoms with Crippen LogP contribution in [0.25, 0.3) is 0 Å². The second-order valence-electron chi connectivity index (χ2n) is 6.92. The molecule has 2 fully saturated rings. The summed E-state index contributed by atoms with van der Waals surface area (Å²) in [5.74, 6) is -0.213. The molecular formula is C18H23N3O3. The smallest absolute Gasteiger partial charge is 0.325 e. The molecule has 1 heterocycles. The lowest BCUT2D eigenvalue weighted by molar-refractivity contribution is -0.129. The fourth-order valence-corrected chi connectivity index (χ4v) is 3.31. The van der Waals surface area contributed by atoms with E-state index >= 15 is 0 Å². The van der Waals surface area contributed by atoms with Gasteiger partial charge in [0.15, 0.2) is 0 Å². The van der Waals surface area contributed by atoms with Gasteiger partial charge in [-0.3, -0.25) is 19.4 Å². The van der Waals surface area contributed by atoms with Crippen molar-refractivity contribution < 1.29 is 14.4 Å². The lowest BCUT2D eigenvalue weighted by Crippen LogP contribution is -2.39. The molecule has 2 aliphatic rings. The number of anilines is 2. The third-order valence-electron chi connectivity index (χ3n) is 5.24. The fraction of sp³-hybridized carbons (Fsp3) is 0.500. The lowest BCUT2D eigenvalue weighted by Gasteiger charge is -2.36. The summed E-state index contributed by atoms with van der Waals surface area (Å²) in [4.78, 5) is 39.2. The molecule has 0 aromatic heterocycles. The molecule has 4 amide bonds. The maximum atomic E-state index is 12.5. The Labute approximate surface area is 141 Å². The quantitative estimate of drug-likeness (QED) is 0.927. The summed E-state index contributed by atoms with van der Waals surface area (Å²) in [5, 5.41) is 3.01. The van der Waals surface area contributed by atoms with E-state index in [1.165, 1.54) is 11.8 Å². The highest BCUT2D eigenvalue weighted by atomic mass is 16.2. The number of hydrogen-bond donors (Lipinski definition) is 1. The minimum absolute atomic E-state index is 0.0344. The van der Waals surface area contributed by atoms with E-state index < -0.39 is 0 Å². The van der Waals surface area contributed by atoms with E-state index in [4.69, 9.17) is 0 Å². The Morgan fingerprint density at radius 2 is 1.92 bits per heavy atom. The van der Waals surface area contributed by atoms with Gasteiger partial charge in [-0.1, -0.05) is 19.4 Å². The van der Waals surface area contributed by atoms with Crippen molar-refractivity contribution in [3.05, 3.63) is 23.8 Å². The number of carbonyl (C=O) groups excluding carboxylic acids is 3. The van der Waals surface area contributed by atoms with Gasteiger partial charge in [0, 0.05) is 31.1 Å². The minimum atomic E-state index is -0.306. The highest BCUT2D eigenvalue weighted by molar-refractivity contribution is 6.05. The molecule has 6 nitrogen and oxygen atoms in total. The van der Waals surface area contributed by atoms with Crippen LogP contribution in [0.15, 0.2) is 18.2 Å². The molecule has 1 saturated heterocycles. The molecule has 0 bridgehead atoms. The molecule has 1 aromatic carbocycles. The molecule has 0 radical (unpaired) electrons. The van der Waals surface area contributed by atoms with Gasteiger partial charge in [0.2, 0.25) is 11.8 Å². The van der Waals surface area contributed by atoms with Gasteiger partial charge in [-0.25, -0.2) is 4.79 Å². The van der Waals surface area contributed by atoms with Crippen LogP contribution in [0.1, 0.15) is 38.7 Å². The third-order valence-corrected chi connectivity index (χ3v) is 5.24. The summed E-state index contributed by atoms with van der Waals surface area (Å²) in [6.45, 7) is 6.12. The Morgan fingerprint density at radius 1 is 1.21 bits per heavy atom. The van der Waals surface area contributed by atoms with Gasteiger partial charge in [0.25, 0.3) is 0 Å². The van der Waals surface area contributed by atoms with Crippen LogP contribution in [-0.4, -0.2) is 35.8 Å². The summed E-state index contributed by atoms with van der Waals surface area (Å²) in [6, 6.07) is 5.21. The van der Waals surface area contributed by atoms with Crippen LogP contribution in [0.5, 0.6) is 0 Å². The molecule has 1 N–H and O–H groups in total. The predicted octanol–water partition coefficient (Wildman–Crippen LogP) is 2.91. The molecule has 128 valence electrons. The average Bonchev–Trinajstić information content (AvgIpc) is 2.88. The number of nitrogens with zero attached hydrogens (tertiary/aromatic N) is 2. The molecule has 0 spiro atoms. The van der Waals surface area contributed by atoms with Gasteiger partial charge in [-0.05, 0) is 37.5 Å². The van der Waals surface area contributed by atoms with Crippen molar-refractivity contribution in [1.82, 2.24) is 4.90 Å². The normalized spacial score (nSPS) is 19.2. The average molecular weight is 329 g/mol. The molecule has 1 aliphatic heterocycles. The third kappa shape index (κ3) is 2.66. The number of nitrogens with one attached hydrogen (secondary N) is 1. The highest BCUT2D eigenvalue weighted by Crippen LogP contribution is 2.41. The second-order valence-corrected chi connectivity index (χ2v) is 6.92. The number of carbonyl (C=O) groups is 3. The molecule has 0 atom stereocenters. The molecule has 1 aromatic rings. The maximum absolute atomic E-state index is 12.5. The summed E-state index contributed by atoms with van der Waals surface area (Å²) < 4.78 is 0. The zero-order valence-corrected chi connectivity index (χ0v) is 14.4. The molecule has 24 heavy (non-hydrogen) atoms. The van der Waals surface area contributed by atoms with Crippen LogP contribution in [0, 0.1) is 12.3 Å². The molecule has 6 heteroatoms. The van der Waals surface area contributed by atoms with Crippen molar-refractivity contribution in [3.8, 4) is 0 Å². The summed E-state index contributed by atoms with van der Waals surface area (Å²) in [7, 11) is 0. The first-order valence-electron chi connectivity index (χ1n) is 8.34. The first-order chi connectivity index (χ1) is 11.3. The van der Waals surface area contributed by atoms with Crippen LogP contribution in [0.4, 0.5) is 16.2 Å². The number of benzene rings is 1. The molecule has 1 saturated carbocycles. The van der Waals surface area contributed by atoms with E-state index in [2.05, 4.69) is 5.32 Å². The van der Waals surface area contributed by atoms with Crippen molar-refractivity contribution in [2.45, 2.75) is 40.0 Å². The van der Waals surface area contributed by atoms with Crippen LogP contribution in [-0.2, 0) is 9.59 Å². The maximum Gasteiger partial charge on any atom is 0.331 e. The largest absolute Gasteiger partial charge is 0.331 e. The second kappa shape index (κ2) is 5.92. The lowest BCUT2D eigenvalue weighted by atomic mass is 9.70. The molecule has 1 aliphatic carbocycles. The Morgan fingerprint density at radius 3 is 2.46 bits per heavy atom. The van der Waals surface area contributed by atoms with Gasteiger partial charge in [0.1, 0.15) is 0 Å². The Balaban J connectivity index is 1.83. The minimum Gasteiger partial charge on any atom is -0.325 e. The van der Waals surface area contributed by atoms with Gasteiger partial charge in [-0.15, -0.1) is 0 Å². The number of imide groups is 1.